The molecule has 0 spiro atoms. The number of aromatic nitrogens is 2. The third-order valence-corrected chi connectivity index (χ3v) is 7.72. The molecule has 1 aliphatic carbocycles. The van der Waals surface area contributed by atoms with E-state index in [1.165, 1.54) is 6.39 Å². The van der Waals surface area contributed by atoms with Crippen LogP contribution in [0.25, 0.3) is 5.57 Å². The number of oxazole rings is 1. The van der Waals surface area contributed by atoms with Gasteiger partial charge in [0.15, 0.2) is 6.39 Å². The molecule has 180 valence electrons. The van der Waals surface area contributed by atoms with Crippen molar-refractivity contribution < 1.29 is 14.3 Å². The maximum atomic E-state index is 13.6. The summed E-state index contributed by atoms with van der Waals surface area (Å²) < 4.78 is 7.05. The largest absolute Gasteiger partial charge is 0.451 e. The summed E-state index contributed by atoms with van der Waals surface area (Å²) in [5.74, 6) is -0.572. The summed E-state index contributed by atoms with van der Waals surface area (Å²) in [6.45, 7) is 0.710. The quantitative estimate of drug-likeness (QED) is 0.572. The van der Waals surface area contributed by atoms with E-state index in [0.717, 1.165) is 36.1 Å². The molecule has 2 aromatic heterocycles. The van der Waals surface area contributed by atoms with E-state index in [9.17, 15) is 14.7 Å². The number of aliphatic hydroxyl groups is 1. The normalized spacial score (nSPS) is 25.3. The van der Waals surface area contributed by atoms with Crippen LogP contribution in [-0.2, 0) is 17.9 Å². The number of pyridine rings is 1. The summed E-state index contributed by atoms with van der Waals surface area (Å²) in [6, 6.07) is 12.5. The molecule has 0 unspecified atom stereocenters. The lowest BCUT2D eigenvalue weighted by Gasteiger charge is -2.30. The first kappa shape index (κ1) is 22.0. The van der Waals surface area contributed by atoms with Gasteiger partial charge in [0, 0.05) is 48.5 Å². The first-order valence-corrected chi connectivity index (χ1v) is 12.2. The van der Waals surface area contributed by atoms with Crippen molar-refractivity contribution in [3.05, 3.63) is 88.5 Å². The Kier molecular flexibility index (Phi) is 5.62. The number of anilines is 1. The molecule has 6 rings (SSSR count). The molecular weight excluding hydrogens is 444 g/mol. The number of amides is 1. The zero-order valence-corrected chi connectivity index (χ0v) is 19.3. The molecule has 1 fully saturated rings. The molecule has 2 aliphatic heterocycles. The van der Waals surface area contributed by atoms with Gasteiger partial charge in [-0.2, -0.15) is 0 Å². The van der Waals surface area contributed by atoms with Crippen LogP contribution in [0.1, 0.15) is 42.3 Å². The molecule has 4 heterocycles. The Labute approximate surface area is 202 Å². The van der Waals surface area contributed by atoms with E-state index in [1.807, 2.05) is 47.0 Å². The van der Waals surface area contributed by atoms with Crippen molar-refractivity contribution in [3.8, 4) is 0 Å². The Bertz CT molecular complexity index is 1310. The van der Waals surface area contributed by atoms with E-state index in [1.54, 1.807) is 6.26 Å². The van der Waals surface area contributed by atoms with E-state index in [0.29, 0.717) is 24.5 Å². The summed E-state index contributed by atoms with van der Waals surface area (Å²) in [5.41, 5.74) is 4.22. The van der Waals surface area contributed by atoms with Crippen LogP contribution in [-0.4, -0.2) is 38.1 Å². The van der Waals surface area contributed by atoms with Crippen molar-refractivity contribution in [1.82, 2.24) is 14.5 Å². The highest BCUT2D eigenvalue weighted by atomic mass is 16.3. The van der Waals surface area contributed by atoms with Crippen molar-refractivity contribution in [2.75, 3.05) is 11.9 Å². The summed E-state index contributed by atoms with van der Waals surface area (Å²) in [5, 5.41) is 13.5. The van der Waals surface area contributed by atoms with Gasteiger partial charge in [-0.3, -0.25) is 14.5 Å². The summed E-state index contributed by atoms with van der Waals surface area (Å²) in [6.07, 6.45) is 8.14. The van der Waals surface area contributed by atoms with Gasteiger partial charge >= 0.3 is 0 Å². The molecule has 1 amide bonds. The van der Waals surface area contributed by atoms with Gasteiger partial charge < -0.3 is 19.4 Å². The second-order valence-electron chi connectivity index (χ2n) is 9.62. The fraction of sp³-hybridized carbons (Fsp3) is 0.370. The average Bonchev–Trinajstić information content (AvgIpc) is 3.66. The van der Waals surface area contributed by atoms with Gasteiger partial charge in [-0.1, -0.05) is 24.3 Å². The monoisotopic (exact) mass is 472 g/mol. The van der Waals surface area contributed by atoms with Crippen LogP contribution in [0.3, 0.4) is 0 Å². The Morgan fingerprint density at radius 2 is 2.06 bits per heavy atom. The molecule has 1 saturated heterocycles. The number of rotatable bonds is 6. The number of likely N-dealkylation sites (tertiary alicyclic amines) is 1. The second-order valence-corrected chi connectivity index (χ2v) is 9.62. The molecule has 1 aromatic carbocycles. The number of carbonyl (C=O) groups excluding carboxylic acids is 1. The molecule has 0 saturated carbocycles. The lowest BCUT2D eigenvalue weighted by atomic mass is 9.88. The Morgan fingerprint density at radius 3 is 2.77 bits per heavy atom. The van der Waals surface area contributed by atoms with E-state index in [2.05, 4.69) is 21.3 Å². The molecule has 8 nitrogen and oxygen atoms in total. The lowest BCUT2D eigenvalue weighted by Crippen LogP contribution is -2.45. The van der Waals surface area contributed by atoms with E-state index < -0.39 is 6.04 Å². The smallest absolute Gasteiger partial charge is 0.258 e. The van der Waals surface area contributed by atoms with E-state index in [4.69, 9.17) is 4.42 Å². The van der Waals surface area contributed by atoms with Crippen molar-refractivity contribution in [2.24, 2.45) is 11.8 Å². The van der Waals surface area contributed by atoms with Crippen LogP contribution in [0.15, 0.2) is 70.4 Å². The van der Waals surface area contributed by atoms with Gasteiger partial charge in [0.2, 0.25) is 5.91 Å². The average molecular weight is 473 g/mol. The van der Waals surface area contributed by atoms with Crippen LogP contribution < -0.4 is 10.9 Å². The fourth-order valence-corrected chi connectivity index (χ4v) is 6.18. The van der Waals surface area contributed by atoms with Crippen LogP contribution >= 0.6 is 0 Å². The highest BCUT2D eigenvalue weighted by Gasteiger charge is 2.55. The van der Waals surface area contributed by atoms with Crippen LogP contribution in [0.5, 0.6) is 0 Å². The Morgan fingerprint density at radius 1 is 1.20 bits per heavy atom. The third-order valence-electron chi connectivity index (χ3n) is 7.72. The number of benzene rings is 1. The number of aliphatic hydroxyl groups excluding tert-OH is 1. The molecule has 3 aliphatic rings. The first-order chi connectivity index (χ1) is 17.2. The topological polar surface area (TPSA) is 101 Å². The van der Waals surface area contributed by atoms with Gasteiger partial charge in [-0.25, -0.2) is 4.98 Å². The highest BCUT2D eigenvalue weighted by Crippen LogP contribution is 2.50. The molecule has 8 heteroatoms. The molecule has 0 radical (unpaired) electrons. The number of para-hydroxylation sites is 1. The third kappa shape index (κ3) is 3.73. The molecule has 4 atom stereocenters. The Balaban J connectivity index is 1.39. The molecule has 35 heavy (non-hydrogen) atoms. The fourth-order valence-electron chi connectivity index (χ4n) is 6.18. The van der Waals surface area contributed by atoms with Crippen molar-refractivity contribution >= 4 is 17.2 Å². The number of allylic oxidation sites excluding steroid dienone is 2. The summed E-state index contributed by atoms with van der Waals surface area (Å²) in [7, 11) is 0. The van der Waals surface area contributed by atoms with Gasteiger partial charge in [0.05, 0.1) is 17.8 Å². The van der Waals surface area contributed by atoms with Gasteiger partial charge in [0.1, 0.15) is 6.26 Å². The SMILES string of the molecule is O=C(Nc1ccccc1)[C@H]1[C@H](CO)[C@H]2Cn3c(ccc(C4=CCCC4)c3=O)[C@H]2N1Cc1cocn1. The molecular formula is C27H28N4O4. The predicted octanol–water partition coefficient (Wildman–Crippen LogP) is 3.21. The minimum absolute atomic E-state index is 0.0217. The minimum atomic E-state index is -0.576. The predicted molar refractivity (Wildman–Crippen MR) is 130 cm³/mol. The maximum Gasteiger partial charge on any atom is 0.258 e. The number of nitrogens with zero attached hydrogens (tertiary/aromatic N) is 3. The van der Waals surface area contributed by atoms with Crippen molar-refractivity contribution in [2.45, 2.75) is 44.4 Å². The summed E-state index contributed by atoms with van der Waals surface area (Å²) in [4.78, 5) is 33.4. The Hall–Kier alpha value is -3.49. The van der Waals surface area contributed by atoms with E-state index >= 15 is 0 Å². The number of fused-ring (bicyclic) bond motifs is 3. The number of hydrogen-bond donors (Lipinski definition) is 2. The number of carbonyl (C=O) groups is 1. The standard InChI is InChI=1S/C27H28N4O4/c32-14-22-21-13-30-23(11-10-20(27(30)34)17-6-4-5-7-17)24(21)31(12-19-15-35-16-28-19)25(22)26(33)29-18-8-2-1-3-9-18/h1-3,6,8-11,15-16,21-22,24-25,32H,4-5,7,12-14H2,(H,29,33)/t21-,22-,24+,25-/m1/s1. The maximum absolute atomic E-state index is 13.6. The van der Waals surface area contributed by atoms with Crippen LogP contribution in [0.4, 0.5) is 5.69 Å². The highest BCUT2D eigenvalue weighted by molar-refractivity contribution is 5.95. The number of nitrogens with one attached hydrogen (secondary N) is 1. The van der Waals surface area contributed by atoms with Crippen molar-refractivity contribution in [1.29, 1.82) is 0 Å². The first-order valence-electron chi connectivity index (χ1n) is 12.2. The van der Waals surface area contributed by atoms with Crippen LogP contribution in [0.2, 0.25) is 0 Å². The number of hydrogen-bond acceptors (Lipinski definition) is 6. The lowest BCUT2D eigenvalue weighted by molar-refractivity contribution is -0.122. The second kappa shape index (κ2) is 8.94. The molecule has 2 N–H and O–H groups in total. The molecule has 0 bridgehead atoms. The van der Waals surface area contributed by atoms with E-state index in [-0.39, 0.29) is 36.0 Å². The van der Waals surface area contributed by atoms with Gasteiger partial charge in [-0.05, 0) is 49.1 Å². The molecule has 3 aromatic rings. The van der Waals surface area contributed by atoms with Crippen molar-refractivity contribution in [3.63, 3.8) is 0 Å². The summed E-state index contributed by atoms with van der Waals surface area (Å²) >= 11 is 0. The van der Waals surface area contributed by atoms with Gasteiger partial charge in [0.25, 0.3) is 5.56 Å². The van der Waals surface area contributed by atoms with Crippen LogP contribution in [0, 0.1) is 11.8 Å². The minimum Gasteiger partial charge on any atom is -0.451 e. The zero-order valence-electron chi connectivity index (χ0n) is 19.3. The van der Waals surface area contributed by atoms with Gasteiger partial charge in [-0.15, -0.1) is 0 Å². The zero-order chi connectivity index (χ0) is 23.9.